The number of aromatic nitrogens is 1. The number of carbonyl (C=O) groups is 3. The molecule has 2 aliphatic rings. The van der Waals surface area contributed by atoms with E-state index in [1.54, 1.807) is 31.1 Å². The van der Waals surface area contributed by atoms with Gasteiger partial charge >= 0.3 is 0 Å². The number of fused-ring (bicyclic) bond motifs is 2. The summed E-state index contributed by atoms with van der Waals surface area (Å²) in [6.45, 7) is 5.88. The van der Waals surface area contributed by atoms with Crippen LogP contribution in [0.1, 0.15) is 48.7 Å². The lowest BCUT2D eigenvalue weighted by Gasteiger charge is -2.45. The summed E-state index contributed by atoms with van der Waals surface area (Å²) < 4.78 is 5.37. The number of rotatable bonds is 6. The maximum Gasteiger partial charge on any atom is 0.249 e. The van der Waals surface area contributed by atoms with Crippen LogP contribution < -0.4 is 5.32 Å². The van der Waals surface area contributed by atoms with Gasteiger partial charge in [-0.3, -0.25) is 14.4 Å². The smallest absolute Gasteiger partial charge is 0.249 e. The monoisotopic (exact) mass is 502 g/mol. The molecule has 0 bridgehead atoms. The topological polar surface area (TPSA) is 95.8 Å². The van der Waals surface area contributed by atoms with Gasteiger partial charge in [0.2, 0.25) is 17.7 Å². The van der Waals surface area contributed by atoms with Crippen molar-refractivity contribution in [3.8, 4) is 0 Å². The Hall–Kier alpha value is -3.68. The number of likely N-dealkylation sites (N-methyl/N-ethyl adjacent to an activating group) is 1. The van der Waals surface area contributed by atoms with Gasteiger partial charge in [0.1, 0.15) is 18.1 Å². The Bertz CT molecular complexity index is 1340. The van der Waals surface area contributed by atoms with Crippen molar-refractivity contribution in [2.45, 2.75) is 58.2 Å². The molecule has 8 nitrogen and oxygen atoms in total. The van der Waals surface area contributed by atoms with E-state index in [-0.39, 0.29) is 29.6 Å². The molecule has 37 heavy (non-hydrogen) atoms. The summed E-state index contributed by atoms with van der Waals surface area (Å²) in [5, 5.41) is 7.88. The average Bonchev–Trinajstić information content (AvgIpc) is 3.46. The van der Waals surface area contributed by atoms with Crippen molar-refractivity contribution in [1.29, 1.82) is 0 Å². The van der Waals surface area contributed by atoms with Gasteiger partial charge in [0.15, 0.2) is 5.58 Å². The van der Waals surface area contributed by atoms with Gasteiger partial charge in [0.05, 0.1) is 5.69 Å². The predicted molar refractivity (Wildman–Crippen MR) is 140 cm³/mol. The van der Waals surface area contributed by atoms with Crippen LogP contribution in [-0.4, -0.2) is 58.9 Å². The highest BCUT2D eigenvalue weighted by atomic mass is 16.5. The SMILES string of the molecule is Cc1noc2ccc(C(C(=O)N(C)C)N3C(=O)C(C4Cc5ccccc5C4)NC(=O)C3CC(C)C)cc12. The van der Waals surface area contributed by atoms with Gasteiger partial charge in [0.25, 0.3) is 0 Å². The lowest BCUT2D eigenvalue weighted by Crippen LogP contribution is -2.67. The number of piperazine rings is 1. The fourth-order valence-electron chi connectivity index (χ4n) is 5.79. The highest BCUT2D eigenvalue weighted by molar-refractivity contribution is 6.00. The van der Waals surface area contributed by atoms with Crippen molar-refractivity contribution >= 4 is 28.7 Å². The largest absolute Gasteiger partial charge is 0.356 e. The number of hydrogen-bond acceptors (Lipinski definition) is 5. The van der Waals surface area contributed by atoms with Crippen LogP contribution in [0, 0.1) is 18.8 Å². The van der Waals surface area contributed by atoms with Crippen LogP contribution in [-0.2, 0) is 27.2 Å². The van der Waals surface area contributed by atoms with Gasteiger partial charge in [0, 0.05) is 19.5 Å². The maximum absolute atomic E-state index is 14.3. The second-order valence-corrected chi connectivity index (χ2v) is 11.0. The van der Waals surface area contributed by atoms with Crippen LogP contribution in [0.15, 0.2) is 47.0 Å². The molecular weight excluding hydrogens is 468 g/mol. The molecule has 0 spiro atoms. The van der Waals surface area contributed by atoms with Crippen molar-refractivity contribution in [3.63, 3.8) is 0 Å². The van der Waals surface area contributed by atoms with E-state index in [2.05, 4.69) is 22.6 Å². The quantitative estimate of drug-likeness (QED) is 0.557. The summed E-state index contributed by atoms with van der Waals surface area (Å²) in [5.74, 6) is -0.567. The number of aryl methyl sites for hydroxylation is 1. The van der Waals surface area contributed by atoms with Gasteiger partial charge in [-0.2, -0.15) is 0 Å². The summed E-state index contributed by atoms with van der Waals surface area (Å²) in [6.07, 6.45) is 1.89. The normalized spacial score (nSPS) is 20.9. The fourth-order valence-corrected chi connectivity index (χ4v) is 5.79. The molecule has 3 unspecified atom stereocenters. The zero-order valence-corrected chi connectivity index (χ0v) is 22.0. The summed E-state index contributed by atoms with van der Waals surface area (Å²) in [7, 11) is 3.35. The fraction of sp³-hybridized carbons (Fsp3) is 0.448. The minimum atomic E-state index is -0.942. The number of carbonyl (C=O) groups excluding carboxylic acids is 3. The molecule has 3 amide bonds. The Morgan fingerprint density at radius 2 is 1.81 bits per heavy atom. The third-order valence-electron chi connectivity index (χ3n) is 7.65. The van der Waals surface area contributed by atoms with E-state index in [1.807, 2.05) is 39.0 Å². The zero-order chi connectivity index (χ0) is 26.4. The Labute approximate surface area is 217 Å². The van der Waals surface area contributed by atoms with Crippen molar-refractivity contribution in [2.24, 2.45) is 11.8 Å². The number of benzene rings is 2. The first kappa shape index (κ1) is 25.0. The number of hydrogen-bond donors (Lipinski definition) is 1. The third-order valence-corrected chi connectivity index (χ3v) is 7.65. The van der Waals surface area contributed by atoms with Gasteiger partial charge in [-0.05, 0) is 66.8 Å². The lowest BCUT2D eigenvalue weighted by molar-refractivity contribution is -0.159. The summed E-state index contributed by atoms with van der Waals surface area (Å²) in [6, 6.07) is 11.2. The lowest BCUT2D eigenvalue weighted by atomic mass is 9.87. The third kappa shape index (κ3) is 4.49. The molecule has 0 radical (unpaired) electrons. The van der Waals surface area contributed by atoms with Crippen LogP contribution >= 0.6 is 0 Å². The minimum Gasteiger partial charge on any atom is -0.356 e. The Morgan fingerprint density at radius 1 is 1.14 bits per heavy atom. The van der Waals surface area contributed by atoms with E-state index in [1.165, 1.54) is 16.0 Å². The number of amides is 3. The molecule has 194 valence electrons. The molecular formula is C29H34N4O4. The first-order valence-corrected chi connectivity index (χ1v) is 12.9. The molecule has 5 rings (SSSR count). The molecule has 1 N–H and O–H groups in total. The number of nitrogens with zero attached hydrogens (tertiary/aromatic N) is 3. The standard InChI is InChI=1S/C29H34N4O4/c1-16(2)12-23-27(34)30-25(21-13-18-8-6-7-9-19(18)14-21)28(35)33(23)26(29(36)32(4)5)20-10-11-24-22(15-20)17(3)31-37-24/h6-11,15-16,21,23,25-26H,12-14H2,1-5H3,(H,30,34). The van der Waals surface area contributed by atoms with Gasteiger partial charge in [-0.25, -0.2) is 0 Å². The molecule has 2 aromatic carbocycles. The van der Waals surface area contributed by atoms with E-state index < -0.39 is 18.1 Å². The second-order valence-electron chi connectivity index (χ2n) is 11.0. The zero-order valence-electron chi connectivity index (χ0n) is 22.0. The van der Waals surface area contributed by atoms with Crippen LogP contribution in [0.4, 0.5) is 0 Å². The Balaban J connectivity index is 1.59. The molecule has 1 saturated heterocycles. The summed E-state index contributed by atoms with van der Waals surface area (Å²) in [4.78, 5) is 44.8. The highest BCUT2D eigenvalue weighted by Crippen LogP contribution is 2.36. The van der Waals surface area contributed by atoms with Gasteiger partial charge in [-0.15, -0.1) is 0 Å². The maximum atomic E-state index is 14.3. The summed E-state index contributed by atoms with van der Waals surface area (Å²) in [5.41, 5.74) is 4.37. The predicted octanol–water partition coefficient (Wildman–Crippen LogP) is 3.42. The van der Waals surface area contributed by atoms with Gasteiger partial charge in [-0.1, -0.05) is 49.3 Å². The molecule has 2 heterocycles. The van der Waals surface area contributed by atoms with E-state index >= 15 is 0 Å². The minimum absolute atomic E-state index is 0.0609. The molecule has 3 aromatic rings. The molecule has 1 aliphatic heterocycles. The Kier molecular flexibility index (Phi) is 6.52. The Morgan fingerprint density at radius 3 is 2.43 bits per heavy atom. The first-order valence-electron chi connectivity index (χ1n) is 12.9. The van der Waals surface area contributed by atoms with E-state index in [0.29, 0.717) is 36.1 Å². The van der Waals surface area contributed by atoms with Crippen molar-refractivity contribution in [1.82, 2.24) is 20.3 Å². The van der Waals surface area contributed by atoms with Crippen LogP contribution in [0.3, 0.4) is 0 Å². The molecule has 1 aromatic heterocycles. The summed E-state index contributed by atoms with van der Waals surface area (Å²) >= 11 is 0. The van der Waals surface area contributed by atoms with E-state index in [0.717, 1.165) is 5.39 Å². The highest BCUT2D eigenvalue weighted by Gasteiger charge is 2.49. The molecule has 1 aliphatic carbocycles. The first-order chi connectivity index (χ1) is 17.7. The van der Waals surface area contributed by atoms with Gasteiger partial charge < -0.3 is 19.6 Å². The molecule has 1 fully saturated rings. The van der Waals surface area contributed by atoms with Crippen LogP contribution in [0.25, 0.3) is 11.0 Å². The van der Waals surface area contributed by atoms with Crippen molar-refractivity contribution < 1.29 is 18.9 Å². The van der Waals surface area contributed by atoms with Crippen molar-refractivity contribution in [2.75, 3.05) is 14.1 Å². The number of nitrogens with one attached hydrogen (secondary N) is 1. The second kappa shape index (κ2) is 9.65. The average molecular weight is 503 g/mol. The van der Waals surface area contributed by atoms with E-state index in [4.69, 9.17) is 4.52 Å². The van der Waals surface area contributed by atoms with Crippen LogP contribution in [0.2, 0.25) is 0 Å². The molecule has 0 saturated carbocycles. The molecule has 3 atom stereocenters. The van der Waals surface area contributed by atoms with Crippen molar-refractivity contribution in [3.05, 3.63) is 64.8 Å². The van der Waals surface area contributed by atoms with Crippen LogP contribution in [0.5, 0.6) is 0 Å². The molecule has 8 heteroatoms. The van der Waals surface area contributed by atoms with E-state index in [9.17, 15) is 14.4 Å².